The van der Waals surface area contributed by atoms with E-state index in [1.165, 1.54) is 5.56 Å². The summed E-state index contributed by atoms with van der Waals surface area (Å²) in [6.07, 6.45) is 10.7. The number of hydrogen-bond donors (Lipinski definition) is 1. The molecule has 0 saturated heterocycles. The SMILES string of the molecule is Cc1cnccc1Cn1cncc1-c1cnccc1N. The molecule has 100 valence electrons. The van der Waals surface area contributed by atoms with E-state index in [-0.39, 0.29) is 0 Å². The van der Waals surface area contributed by atoms with E-state index >= 15 is 0 Å². The molecule has 0 spiro atoms. The largest absolute Gasteiger partial charge is 0.398 e. The van der Waals surface area contributed by atoms with Crippen LogP contribution in [0.25, 0.3) is 11.3 Å². The molecule has 5 heteroatoms. The van der Waals surface area contributed by atoms with E-state index in [0.717, 1.165) is 23.4 Å². The molecule has 3 aromatic rings. The van der Waals surface area contributed by atoms with Gasteiger partial charge >= 0.3 is 0 Å². The number of nitrogens with two attached hydrogens (primary N) is 1. The van der Waals surface area contributed by atoms with E-state index < -0.39 is 0 Å². The standard InChI is InChI=1S/C15H15N5/c1-11-6-17-4-2-12(11)9-20-10-19-8-15(20)13-7-18-5-3-14(13)16/h2-8,10H,9H2,1H3,(H2,16,18). The van der Waals surface area contributed by atoms with Crippen LogP contribution in [0.1, 0.15) is 11.1 Å². The van der Waals surface area contributed by atoms with Gasteiger partial charge in [-0.1, -0.05) is 0 Å². The Hall–Kier alpha value is -2.69. The van der Waals surface area contributed by atoms with E-state index in [1.54, 1.807) is 24.7 Å². The zero-order valence-electron chi connectivity index (χ0n) is 11.2. The Balaban J connectivity index is 2.00. The summed E-state index contributed by atoms with van der Waals surface area (Å²) < 4.78 is 2.07. The highest BCUT2D eigenvalue weighted by Gasteiger charge is 2.09. The molecule has 0 atom stereocenters. The van der Waals surface area contributed by atoms with Crippen molar-refractivity contribution in [2.45, 2.75) is 13.5 Å². The summed E-state index contributed by atoms with van der Waals surface area (Å²) in [6.45, 7) is 2.79. The molecule has 0 unspecified atom stereocenters. The fourth-order valence-corrected chi connectivity index (χ4v) is 2.15. The van der Waals surface area contributed by atoms with Gasteiger partial charge in [0.25, 0.3) is 0 Å². The summed E-state index contributed by atoms with van der Waals surface area (Å²) in [5.41, 5.74) is 10.9. The number of aromatic nitrogens is 4. The van der Waals surface area contributed by atoms with Gasteiger partial charge in [0, 0.05) is 42.6 Å². The van der Waals surface area contributed by atoms with E-state index in [9.17, 15) is 0 Å². The van der Waals surface area contributed by atoms with E-state index in [4.69, 9.17) is 5.73 Å². The summed E-state index contributed by atoms with van der Waals surface area (Å²) in [7, 11) is 0. The van der Waals surface area contributed by atoms with Crippen LogP contribution < -0.4 is 5.73 Å². The van der Waals surface area contributed by atoms with Crippen LogP contribution in [0.3, 0.4) is 0 Å². The van der Waals surface area contributed by atoms with Crippen molar-refractivity contribution in [3.63, 3.8) is 0 Å². The Morgan fingerprint density at radius 3 is 2.65 bits per heavy atom. The summed E-state index contributed by atoms with van der Waals surface area (Å²) in [6, 6.07) is 3.82. The first-order chi connectivity index (χ1) is 9.75. The maximum Gasteiger partial charge on any atom is 0.0954 e. The second-order valence-electron chi connectivity index (χ2n) is 4.67. The quantitative estimate of drug-likeness (QED) is 0.788. The minimum atomic E-state index is 0.702. The number of anilines is 1. The smallest absolute Gasteiger partial charge is 0.0954 e. The highest BCUT2D eigenvalue weighted by atomic mass is 15.0. The molecule has 0 aliphatic rings. The van der Waals surface area contributed by atoms with E-state index in [2.05, 4.69) is 26.4 Å². The zero-order valence-corrected chi connectivity index (χ0v) is 11.2. The molecule has 3 heterocycles. The lowest BCUT2D eigenvalue weighted by molar-refractivity contribution is 0.797. The number of pyridine rings is 2. The number of aryl methyl sites for hydroxylation is 1. The first-order valence-corrected chi connectivity index (χ1v) is 6.35. The summed E-state index contributed by atoms with van der Waals surface area (Å²) >= 11 is 0. The second-order valence-corrected chi connectivity index (χ2v) is 4.67. The Morgan fingerprint density at radius 1 is 1.05 bits per heavy atom. The molecule has 0 aliphatic heterocycles. The molecular weight excluding hydrogens is 250 g/mol. The maximum absolute atomic E-state index is 6.01. The maximum atomic E-state index is 6.01. The number of hydrogen-bond acceptors (Lipinski definition) is 4. The normalized spacial score (nSPS) is 10.7. The third-order valence-electron chi connectivity index (χ3n) is 3.32. The van der Waals surface area contributed by atoms with Crippen LogP contribution >= 0.6 is 0 Å². The average molecular weight is 265 g/mol. The van der Waals surface area contributed by atoms with Crippen LogP contribution in [0, 0.1) is 6.92 Å². The number of rotatable bonds is 3. The fourth-order valence-electron chi connectivity index (χ4n) is 2.15. The Bertz CT molecular complexity index is 732. The monoisotopic (exact) mass is 265 g/mol. The van der Waals surface area contributed by atoms with Gasteiger partial charge in [-0.05, 0) is 30.2 Å². The van der Waals surface area contributed by atoms with Crippen molar-refractivity contribution in [1.29, 1.82) is 0 Å². The second kappa shape index (κ2) is 5.13. The van der Waals surface area contributed by atoms with Crippen molar-refractivity contribution < 1.29 is 0 Å². The molecule has 0 bridgehead atoms. The van der Waals surface area contributed by atoms with Crippen LogP contribution in [-0.4, -0.2) is 19.5 Å². The van der Waals surface area contributed by atoms with Crippen LogP contribution in [0.15, 0.2) is 49.4 Å². The minimum Gasteiger partial charge on any atom is -0.398 e. The zero-order chi connectivity index (χ0) is 13.9. The predicted octanol–water partition coefficient (Wildman–Crippen LogP) is 2.28. The molecule has 0 fully saturated rings. The van der Waals surface area contributed by atoms with Crippen molar-refractivity contribution in [3.8, 4) is 11.3 Å². The average Bonchev–Trinajstić information content (AvgIpc) is 2.90. The Kier molecular flexibility index (Phi) is 3.16. The topological polar surface area (TPSA) is 69.6 Å². The summed E-state index contributed by atoms with van der Waals surface area (Å²) in [4.78, 5) is 12.5. The van der Waals surface area contributed by atoms with Gasteiger partial charge < -0.3 is 10.3 Å². The van der Waals surface area contributed by atoms with Gasteiger partial charge in [0.1, 0.15) is 0 Å². The highest BCUT2D eigenvalue weighted by Crippen LogP contribution is 2.25. The molecule has 0 amide bonds. The number of imidazole rings is 1. The van der Waals surface area contributed by atoms with Gasteiger partial charge in [-0.25, -0.2) is 4.98 Å². The van der Waals surface area contributed by atoms with E-state index in [1.807, 2.05) is 24.8 Å². The predicted molar refractivity (Wildman–Crippen MR) is 77.9 cm³/mol. The van der Waals surface area contributed by atoms with Crippen LogP contribution in [0.4, 0.5) is 5.69 Å². The third kappa shape index (κ3) is 2.25. The lowest BCUT2D eigenvalue weighted by Crippen LogP contribution is -2.03. The highest BCUT2D eigenvalue weighted by molar-refractivity contribution is 5.72. The Labute approximate surface area is 117 Å². The molecule has 5 nitrogen and oxygen atoms in total. The Morgan fingerprint density at radius 2 is 1.85 bits per heavy atom. The lowest BCUT2D eigenvalue weighted by Gasteiger charge is -2.11. The number of nitrogens with zero attached hydrogens (tertiary/aromatic N) is 4. The first kappa shape index (κ1) is 12.3. The van der Waals surface area contributed by atoms with Crippen molar-refractivity contribution in [1.82, 2.24) is 19.5 Å². The van der Waals surface area contributed by atoms with Gasteiger partial charge in [-0.3, -0.25) is 9.97 Å². The molecule has 0 aliphatic carbocycles. The fraction of sp³-hybridized carbons (Fsp3) is 0.133. The van der Waals surface area contributed by atoms with Gasteiger partial charge in [0.05, 0.1) is 18.2 Å². The van der Waals surface area contributed by atoms with Crippen molar-refractivity contribution in [3.05, 3.63) is 60.6 Å². The molecule has 3 rings (SSSR count). The molecular formula is C15H15N5. The molecule has 2 N–H and O–H groups in total. The van der Waals surface area contributed by atoms with Gasteiger partial charge in [0.2, 0.25) is 0 Å². The van der Waals surface area contributed by atoms with Gasteiger partial charge in [0.15, 0.2) is 0 Å². The summed E-state index contributed by atoms with van der Waals surface area (Å²) in [5.74, 6) is 0. The first-order valence-electron chi connectivity index (χ1n) is 6.35. The van der Waals surface area contributed by atoms with E-state index in [0.29, 0.717) is 5.69 Å². The molecule has 0 aromatic carbocycles. The van der Waals surface area contributed by atoms with Crippen LogP contribution in [0.5, 0.6) is 0 Å². The molecule has 0 radical (unpaired) electrons. The molecule has 20 heavy (non-hydrogen) atoms. The molecule has 0 saturated carbocycles. The van der Waals surface area contributed by atoms with Crippen molar-refractivity contribution in [2.24, 2.45) is 0 Å². The van der Waals surface area contributed by atoms with Crippen LogP contribution in [0.2, 0.25) is 0 Å². The minimum absolute atomic E-state index is 0.702. The van der Waals surface area contributed by atoms with Gasteiger partial charge in [-0.15, -0.1) is 0 Å². The number of nitrogen functional groups attached to an aromatic ring is 1. The van der Waals surface area contributed by atoms with Gasteiger partial charge in [-0.2, -0.15) is 0 Å². The van der Waals surface area contributed by atoms with Crippen LogP contribution in [-0.2, 0) is 6.54 Å². The molecule has 3 aromatic heterocycles. The van der Waals surface area contributed by atoms with Crippen molar-refractivity contribution >= 4 is 5.69 Å². The summed E-state index contributed by atoms with van der Waals surface area (Å²) in [5, 5.41) is 0. The lowest BCUT2D eigenvalue weighted by atomic mass is 10.1. The third-order valence-corrected chi connectivity index (χ3v) is 3.32. The van der Waals surface area contributed by atoms with Crippen molar-refractivity contribution in [2.75, 3.05) is 5.73 Å².